The van der Waals surface area contributed by atoms with Gasteiger partial charge in [-0.25, -0.2) is 13.6 Å². The third-order valence-electron chi connectivity index (χ3n) is 4.64. The Balaban J connectivity index is 1.96. The lowest BCUT2D eigenvalue weighted by Crippen LogP contribution is -2.48. The van der Waals surface area contributed by atoms with E-state index >= 15 is 4.39 Å². The van der Waals surface area contributed by atoms with Gasteiger partial charge >= 0.3 is 6.16 Å². The van der Waals surface area contributed by atoms with Gasteiger partial charge in [0.05, 0.1) is 23.6 Å². The van der Waals surface area contributed by atoms with Crippen molar-refractivity contribution in [2.24, 2.45) is 0 Å². The summed E-state index contributed by atoms with van der Waals surface area (Å²) < 4.78 is 35.9. The Morgan fingerprint density at radius 2 is 2.04 bits per heavy atom. The number of carbonyl (C=O) groups is 2. The van der Waals surface area contributed by atoms with Crippen LogP contribution in [-0.4, -0.2) is 41.4 Å². The third kappa shape index (κ3) is 2.96. The monoisotopic (exact) mass is 379 g/mol. The van der Waals surface area contributed by atoms with Crippen LogP contribution in [0.25, 0.3) is 10.9 Å². The van der Waals surface area contributed by atoms with E-state index in [1.807, 2.05) is 0 Å². The first-order valence-corrected chi connectivity index (χ1v) is 8.36. The van der Waals surface area contributed by atoms with Gasteiger partial charge in [0.15, 0.2) is 11.6 Å². The van der Waals surface area contributed by atoms with E-state index in [1.165, 1.54) is 9.47 Å². The SMILES string of the molecule is O=C1CN(c2c(F)cc3c(=O)c(OC(=O)O)cn(C4CC4)c3c2F)CCN1. The van der Waals surface area contributed by atoms with Gasteiger partial charge in [0, 0.05) is 19.1 Å². The zero-order valence-electron chi connectivity index (χ0n) is 14.0. The van der Waals surface area contributed by atoms with Crippen molar-refractivity contribution in [3.05, 3.63) is 34.1 Å². The summed E-state index contributed by atoms with van der Waals surface area (Å²) in [5.41, 5.74) is -1.41. The van der Waals surface area contributed by atoms with Crippen LogP contribution in [0, 0.1) is 11.6 Å². The van der Waals surface area contributed by atoms with Crippen LogP contribution < -0.4 is 20.4 Å². The van der Waals surface area contributed by atoms with Crippen molar-refractivity contribution in [3.63, 3.8) is 0 Å². The number of pyridine rings is 1. The molecular formula is C17H15F2N3O5. The summed E-state index contributed by atoms with van der Waals surface area (Å²) in [5.74, 6) is -2.82. The largest absolute Gasteiger partial charge is 0.511 e. The molecule has 2 N–H and O–H groups in total. The molecule has 10 heteroatoms. The molecule has 1 saturated heterocycles. The number of halogens is 2. The van der Waals surface area contributed by atoms with Gasteiger partial charge in [-0.2, -0.15) is 0 Å². The topological polar surface area (TPSA) is 101 Å². The maximum atomic E-state index is 15.3. The van der Waals surface area contributed by atoms with E-state index in [2.05, 4.69) is 10.1 Å². The lowest BCUT2D eigenvalue weighted by Gasteiger charge is -2.29. The number of nitrogens with one attached hydrogen (secondary N) is 1. The van der Waals surface area contributed by atoms with Crippen LogP contribution in [0.15, 0.2) is 17.1 Å². The maximum absolute atomic E-state index is 15.3. The minimum Gasteiger partial charge on any atom is -0.449 e. The molecular weight excluding hydrogens is 364 g/mol. The van der Waals surface area contributed by atoms with Crippen LogP contribution in [0.1, 0.15) is 18.9 Å². The number of carboxylic acid groups (broad SMARTS) is 1. The summed E-state index contributed by atoms with van der Waals surface area (Å²) in [6, 6.07) is 0.734. The molecule has 0 atom stereocenters. The van der Waals surface area contributed by atoms with Crippen molar-refractivity contribution < 1.29 is 28.2 Å². The Bertz CT molecular complexity index is 1030. The molecule has 0 spiro atoms. The van der Waals surface area contributed by atoms with Gasteiger partial charge in [-0.15, -0.1) is 0 Å². The molecule has 2 heterocycles. The average Bonchev–Trinajstić information content (AvgIpc) is 3.42. The first-order chi connectivity index (χ1) is 12.9. The Morgan fingerprint density at radius 1 is 1.30 bits per heavy atom. The fourth-order valence-corrected chi connectivity index (χ4v) is 3.33. The number of ether oxygens (including phenoxy) is 1. The molecule has 2 aromatic rings. The quantitative estimate of drug-likeness (QED) is 0.786. The molecule has 8 nitrogen and oxygen atoms in total. The second kappa shape index (κ2) is 6.22. The molecule has 1 aliphatic heterocycles. The van der Waals surface area contributed by atoms with E-state index in [9.17, 15) is 18.8 Å². The number of carbonyl (C=O) groups excluding carboxylic acids is 1. The number of piperazine rings is 1. The summed E-state index contributed by atoms with van der Waals surface area (Å²) in [6.45, 7) is 0.267. The zero-order chi connectivity index (χ0) is 19.3. The summed E-state index contributed by atoms with van der Waals surface area (Å²) in [5, 5.41) is 11.1. The van der Waals surface area contributed by atoms with E-state index in [0.717, 1.165) is 12.3 Å². The van der Waals surface area contributed by atoms with E-state index in [4.69, 9.17) is 5.11 Å². The molecule has 27 heavy (non-hydrogen) atoms. The summed E-state index contributed by atoms with van der Waals surface area (Å²) in [7, 11) is 0. The second-order valence-corrected chi connectivity index (χ2v) is 6.52. The normalized spacial score (nSPS) is 17.1. The second-order valence-electron chi connectivity index (χ2n) is 6.52. The molecule has 1 amide bonds. The molecule has 1 aliphatic carbocycles. The Morgan fingerprint density at radius 3 is 2.67 bits per heavy atom. The van der Waals surface area contributed by atoms with Crippen molar-refractivity contribution in [2.45, 2.75) is 18.9 Å². The van der Waals surface area contributed by atoms with Gasteiger partial charge in [0.2, 0.25) is 11.3 Å². The molecule has 142 valence electrons. The van der Waals surface area contributed by atoms with Gasteiger partial charge in [0.25, 0.3) is 0 Å². The molecule has 2 aliphatic rings. The van der Waals surface area contributed by atoms with Gasteiger partial charge in [0.1, 0.15) is 11.5 Å². The smallest absolute Gasteiger partial charge is 0.449 e. The lowest BCUT2D eigenvalue weighted by atomic mass is 10.1. The molecule has 1 aromatic carbocycles. The third-order valence-corrected chi connectivity index (χ3v) is 4.64. The summed E-state index contributed by atoms with van der Waals surface area (Å²) in [4.78, 5) is 36.2. The summed E-state index contributed by atoms with van der Waals surface area (Å²) in [6.07, 6.45) is 0.876. The fraction of sp³-hybridized carbons (Fsp3) is 0.353. The molecule has 1 aromatic heterocycles. The predicted octanol–water partition coefficient (Wildman–Crippen LogP) is 1.61. The average molecular weight is 379 g/mol. The molecule has 2 fully saturated rings. The number of fused-ring (bicyclic) bond motifs is 1. The van der Waals surface area contributed by atoms with Crippen molar-refractivity contribution in [2.75, 3.05) is 24.5 Å². The van der Waals surface area contributed by atoms with Crippen molar-refractivity contribution in [1.82, 2.24) is 9.88 Å². The Kier molecular flexibility index (Phi) is 3.97. The van der Waals surface area contributed by atoms with Crippen LogP contribution in [0.4, 0.5) is 19.3 Å². The van der Waals surface area contributed by atoms with E-state index < -0.39 is 29.0 Å². The van der Waals surface area contributed by atoms with Crippen LogP contribution >= 0.6 is 0 Å². The van der Waals surface area contributed by atoms with Crippen molar-refractivity contribution >= 4 is 28.7 Å². The Hall–Kier alpha value is -3.17. The van der Waals surface area contributed by atoms with Gasteiger partial charge < -0.3 is 24.6 Å². The van der Waals surface area contributed by atoms with Crippen molar-refractivity contribution in [3.8, 4) is 5.75 Å². The minimum atomic E-state index is -1.69. The van der Waals surface area contributed by atoms with Gasteiger partial charge in [-0.05, 0) is 18.9 Å². The standard InChI is InChI=1S/C17H15F2N3O5/c18-10-5-9-14(13(19)15(10)21-4-3-20-12(23)7-21)22(8-1-2-8)6-11(16(9)24)27-17(25)26/h5-6,8H,1-4,7H2,(H,20,23)(H,25,26). The molecule has 1 saturated carbocycles. The first-order valence-electron chi connectivity index (χ1n) is 8.36. The van der Waals surface area contributed by atoms with Crippen LogP contribution in [-0.2, 0) is 4.79 Å². The fourth-order valence-electron chi connectivity index (χ4n) is 3.33. The summed E-state index contributed by atoms with van der Waals surface area (Å²) >= 11 is 0. The van der Waals surface area contributed by atoms with Gasteiger partial charge in [-0.3, -0.25) is 9.59 Å². The number of aromatic nitrogens is 1. The van der Waals surface area contributed by atoms with E-state index in [0.29, 0.717) is 12.8 Å². The number of anilines is 1. The number of rotatable bonds is 3. The number of nitrogens with zero attached hydrogens (tertiary/aromatic N) is 2. The van der Waals surface area contributed by atoms with Crippen LogP contribution in [0.5, 0.6) is 5.75 Å². The molecule has 0 unspecified atom stereocenters. The van der Waals surface area contributed by atoms with Crippen LogP contribution in [0.2, 0.25) is 0 Å². The highest BCUT2D eigenvalue weighted by Gasteiger charge is 2.31. The molecule has 0 bridgehead atoms. The number of hydrogen-bond donors (Lipinski definition) is 2. The number of hydrogen-bond acceptors (Lipinski definition) is 5. The minimum absolute atomic E-state index is 0.123. The molecule has 0 radical (unpaired) electrons. The van der Waals surface area contributed by atoms with E-state index in [1.54, 1.807) is 0 Å². The van der Waals surface area contributed by atoms with Gasteiger partial charge in [-0.1, -0.05) is 0 Å². The maximum Gasteiger partial charge on any atom is 0.511 e. The van der Waals surface area contributed by atoms with Crippen molar-refractivity contribution in [1.29, 1.82) is 0 Å². The lowest BCUT2D eigenvalue weighted by molar-refractivity contribution is -0.120. The van der Waals surface area contributed by atoms with Crippen LogP contribution in [0.3, 0.4) is 0 Å². The highest BCUT2D eigenvalue weighted by atomic mass is 19.1. The highest BCUT2D eigenvalue weighted by molar-refractivity contribution is 5.88. The number of amides is 1. The molecule has 4 rings (SSSR count). The zero-order valence-corrected chi connectivity index (χ0v) is 14.0. The first kappa shape index (κ1) is 17.3. The van der Waals surface area contributed by atoms with E-state index in [-0.39, 0.29) is 48.2 Å². The number of benzene rings is 1. The Labute approximate surface area is 150 Å². The highest BCUT2D eigenvalue weighted by Crippen LogP contribution is 2.40. The predicted molar refractivity (Wildman–Crippen MR) is 90.3 cm³/mol.